The van der Waals surface area contributed by atoms with Crippen molar-refractivity contribution in [3.8, 4) is 11.5 Å². The van der Waals surface area contributed by atoms with Crippen molar-refractivity contribution >= 4 is 61.4 Å². The van der Waals surface area contributed by atoms with Crippen LogP contribution in [0.4, 0.5) is 0 Å². The first kappa shape index (κ1) is 17.7. The third kappa shape index (κ3) is 3.93. The lowest BCUT2D eigenvalue weighted by atomic mass is 10.1. The van der Waals surface area contributed by atoms with Crippen molar-refractivity contribution in [2.75, 3.05) is 0 Å². The van der Waals surface area contributed by atoms with Crippen LogP contribution in [0.15, 0.2) is 58.1 Å². The van der Waals surface area contributed by atoms with Crippen LogP contribution in [0.5, 0.6) is 11.5 Å². The number of rotatable bonds is 3. The second-order valence-electron chi connectivity index (χ2n) is 5.25. The van der Waals surface area contributed by atoms with Gasteiger partial charge in [0.1, 0.15) is 11.5 Å². The van der Waals surface area contributed by atoms with Crippen LogP contribution in [0.1, 0.15) is 15.9 Å². The molecule has 126 valence electrons. The maximum Gasteiger partial charge on any atom is 0.275 e. The Kier molecular flexibility index (Phi) is 5.24. The van der Waals surface area contributed by atoms with Gasteiger partial charge in [0.25, 0.3) is 5.91 Å². The molecule has 0 aromatic heterocycles. The third-order valence-electron chi connectivity index (χ3n) is 3.53. The van der Waals surface area contributed by atoms with E-state index in [9.17, 15) is 15.0 Å². The Morgan fingerprint density at radius 2 is 1.80 bits per heavy atom. The average molecular weight is 511 g/mol. The van der Waals surface area contributed by atoms with Gasteiger partial charge in [-0.15, -0.1) is 0 Å². The topological polar surface area (TPSA) is 81.9 Å². The van der Waals surface area contributed by atoms with Crippen molar-refractivity contribution in [3.05, 3.63) is 67.7 Å². The van der Waals surface area contributed by atoms with Crippen LogP contribution in [0.2, 0.25) is 0 Å². The molecular formula is C18H12BrIN2O3. The number of nitrogens with one attached hydrogen (secondary N) is 1. The van der Waals surface area contributed by atoms with E-state index in [4.69, 9.17) is 0 Å². The zero-order valence-electron chi connectivity index (χ0n) is 12.7. The molecule has 25 heavy (non-hydrogen) atoms. The van der Waals surface area contributed by atoms with E-state index in [1.807, 2.05) is 46.9 Å². The summed E-state index contributed by atoms with van der Waals surface area (Å²) in [6, 6.07) is 14.0. The SMILES string of the molecule is O=C(NN=Cc1cc(Br)c(O)c(I)c1)c1cc2ccccc2cc1O. The number of phenolic OH excluding ortho intramolecular Hbond substituents is 2. The zero-order chi connectivity index (χ0) is 18.0. The quantitative estimate of drug-likeness (QED) is 0.278. The molecule has 0 fully saturated rings. The Hall–Kier alpha value is -2.13. The molecule has 0 heterocycles. The molecule has 0 spiro atoms. The normalized spacial score (nSPS) is 11.1. The molecule has 3 rings (SSSR count). The lowest BCUT2D eigenvalue weighted by Gasteiger charge is -2.06. The van der Waals surface area contributed by atoms with Crippen LogP contribution >= 0.6 is 38.5 Å². The van der Waals surface area contributed by atoms with Gasteiger partial charge in [-0.25, -0.2) is 5.43 Å². The number of aromatic hydroxyl groups is 2. The summed E-state index contributed by atoms with van der Waals surface area (Å²) in [7, 11) is 0. The van der Waals surface area contributed by atoms with Crippen LogP contribution in [-0.4, -0.2) is 22.3 Å². The number of amides is 1. The lowest BCUT2D eigenvalue weighted by molar-refractivity contribution is 0.0952. The van der Waals surface area contributed by atoms with E-state index < -0.39 is 5.91 Å². The molecule has 5 nitrogen and oxygen atoms in total. The van der Waals surface area contributed by atoms with Crippen LogP contribution in [0, 0.1) is 3.57 Å². The second kappa shape index (κ2) is 7.40. The van der Waals surface area contributed by atoms with E-state index in [0.717, 1.165) is 10.8 Å². The molecular weight excluding hydrogens is 499 g/mol. The summed E-state index contributed by atoms with van der Waals surface area (Å²) in [5.74, 6) is -0.455. The van der Waals surface area contributed by atoms with Crippen molar-refractivity contribution in [2.45, 2.75) is 0 Å². The molecule has 1 amide bonds. The van der Waals surface area contributed by atoms with Gasteiger partial charge in [-0.2, -0.15) is 5.10 Å². The highest BCUT2D eigenvalue weighted by Crippen LogP contribution is 2.30. The van der Waals surface area contributed by atoms with Gasteiger partial charge < -0.3 is 10.2 Å². The molecule has 0 saturated carbocycles. The van der Waals surface area contributed by atoms with Crippen LogP contribution in [-0.2, 0) is 0 Å². The Morgan fingerprint density at radius 1 is 1.12 bits per heavy atom. The fraction of sp³-hybridized carbons (Fsp3) is 0. The summed E-state index contributed by atoms with van der Waals surface area (Å²) in [5.41, 5.74) is 3.25. The van der Waals surface area contributed by atoms with Crippen LogP contribution in [0.25, 0.3) is 10.8 Å². The number of benzene rings is 3. The Bertz CT molecular complexity index is 982. The van der Waals surface area contributed by atoms with Crippen molar-refractivity contribution in [1.82, 2.24) is 5.43 Å². The number of hydrogen-bond donors (Lipinski definition) is 3. The van der Waals surface area contributed by atoms with Crippen molar-refractivity contribution in [2.24, 2.45) is 5.10 Å². The Labute approximate surface area is 165 Å². The van der Waals surface area contributed by atoms with Crippen molar-refractivity contribution in [3.63, 3.8) is 0 Å². The molecule has 3 aromatic rings. The van der Waals surface area contributed by atoms with Crippen LogP contribution < -0.4 is 5.43 Å². The van der Waals surface area contributed by atoms with E-state index in [0.29, 0.717) is 13.6 Å². The van der Waals surface area contributed by atoms with Gasteiger partial charge >= 0.3 is 0 Å². The third-order valence-corrected chi connectivity index (χ3v) is 4.95. The predicted octanol–water partition coefficient (Wildman–Crippen LogP) is 4.38. The standard InChI is InChI=1S/C18H12BrIN2O3/c19-14-5-10(6-15(20)17(14)24)9-21-22-18(25)13-7-11-3-1-2-4-12(11)8-16(13)23/h1-9,23-24H,(H,22,25). The lowest BCUT2D eigenvalue weighted by Crippen LogP contribution is -2.17. The molecule has 0 aliphatic heterocycles. The van der Waals surface area contributed by atoms with E-state index in [-0.39, 0.29) is 17.1 Å². The van der Waals surface area contributed by atoms with Gasteiger partial charge in [-0.05, 0) is 79.1 Å². The molecule has 0 atom stereocenters. The highest BCUT2D eigenvalue weighted by molar-refractivity contribution is 14.1. The number of phenols is 2. The molecule has 0 saturated heterocycles. The van der Waals surface area contributed by atoms with Gasteiger partial charge in [0.05, 0.1) is 19.8 Å². The minimum Gasteiger partial charge on any atom is -0.507 e. The first-order valence-corrected chi connectivity index (χ1v) is 9.06. The fourth-order valence-corrected chi connectivity index (χ4v) is 3.79. The van der Waals surface area contributed by atoms with E-state index in [2.05, 4.69) is 26.5 Å². The minimum absolute atomic E-state index is 0.103. The minimum atomic E-state index is -0.507. The maximum atomic E-state index is 12.3. The molecule has 0 radical (unpaired) electrons. The van der Waals surface area contributed by atoms with Gasteiger partial charge in [-0.1, -0.05) is 24.3 Å². The average Bonchev–Trinajstić information content (AvgIpc) is 2.58. The Balaban J connectivity index is 1.80. The monoisotopic (exact) mass is 510 g/mol. The summed E-state index contributed by atoms with van der Waals surface area (Å²) in [5, 5.41) is 25.4. The predicted molar refractivity (Wildman–Crippen MR) is 109 cm³/mol. The number of nitrogens with zero attached hydrogens (tertiary/aromatic N) is 1. The smallest absolute Gasteiger partial charge is 0.275 e. The van der Waals surface area contributed by atoms with E-state index >= 15 is 0 Å². The zero-order valence-corrected chi connectivity index (χ0v) is 16.4. The molecule has 0 bridgehead atoms. The van der Waals surface area contributed by atoms with E-state index in [1.165, 1.54) is 6.21 Å². The summed E-state index contributed by atoms with van der Waals surface area (Å²) >= 11 is 5.25. The highest BCUT2D eigenvalue weighted by atomic mass is 127. The number of hydrazone groups is 1. The molecule has 3 aromatic carbocycles. The van der Waals surface area contributed by atoms with Gasteiger partial charge in [0.15, 0.2) is 0 Å². The number of carbonyl (C=O) groups is 1. The molecule has 0 aliphatic rings. The Morgan fingerprint density at radius 3 is 2.48 bits per heavy atom. The maximum absolute atomic E-state index is 12.3. The molecule has 0 unspecified atom stereocenters. The van der Waals surface area contributed by atoms with E-state index in [1.54, 1.807) is 24.3 Å². The number of fused-ring (bicyclic) bond motifs is 1. The van der Waals surface area contributed by atoms with Crippen molar-refractivity contribution in [1.29, 1.82) is 0 Å². The summed E-state index contributed by atoms with van der Waals surface area (Å²) in [6.45, 7) is 0. The first-order valence-electron chi connectivity index (χ1n) is 7.19. The summed E-state index contributed by atoms with van der Waals surface area (Å²) in [6.07, 6.45) is 1.46. The van der Waals surface area contributed by atoms with Crippen molar-refractivity contribution < 1.29 is 15.0 Å². The second-order valence-corrected chi connectivity index (χ2v) is 7.27. The van der Waals surface area contributed by atoms with Gasteiger partial charge in [-0.3, -0.25) is 4.79 Å². The first-order chi connectivity index (χ1) is 12.0. The highest BCUT2D eigenvalue weighted by Gasteiger charge is 2.12. The van der Waals surface area contributed by atoms with Crippen LogP contribution in [0.3, 0.4) is 0 Å². The fourth-order valence-electron chi connectivity index (χ4n) is 2.30. The molecule has 7 heteroatoms. The summed E-state index contributed by atoms with van der Waals surface area (Å²) in [4.78, 5) is 12.3. The largest absolute Gasteiger partial charge is 0.507 e. The van der Waals surface area contributed by atoms with Gasteiger partial charge in [0.2, 0.25) is 0 Å². The number of halogens is 2. The summed E-state index contributed by atoms with van der Waals surface area (Å²) < 4.78 is 1.20. The number of carbonyl (C=O) groups excluding carboxylic acids is 1. The molecule has 0 aliphatic carbocycles. The molecule has 3 N–H and O–H groups in total. The van der Waals surface area contributed by atoms with Gasteiger partial charge in [0, 0.05) is 0 Å². The number of hydrogen-bond acceptors (Lipinski definition) is 4.